The molecule has 49 heavy (non-hydrogen) atoms. The van der Waals surface area contributed by atoms with Crippen molar-refractivity contribution in [3.63, 3.8) is 0 Å². The monoisotopic (exact) mass is 712 g/mol. The van der Waals surface area contributed by atoms with Gasteiger partial charge >= 0.3 is 0 Å². The molecule has 0 N–H and O–H groups in total. The van der Waals surface area contributed by atoms with E-state index < -0.39 is 26.0 Å². The van der Waals surface area contributed by atoms with Crippen LogP contribution in [0.2, 0.25) is 0 Å². The van der Waals surface area contributed by atoms with E-state index in [0.29, 0.717) is 36.0 Å². The molecule has 4 aliphatic rings. The summed E-state index contributed by atoms with van der Waals surface area (Å²) in [5.41, 5.74) is 1.67. The third-order valence-corrected chi connectivity index (χ3v) is 16.6. The lowest BCUT2D eigenvalue weighted by Gasteiger charge is -2.64. The minimum Gasteiger partial charge on any atom is -0.230 e. The zero-order valence-electron chi connectivity index (χ0n) is 30.9. The average molecular weight is 713 g/mol. The van der Waals surface area contributed by atoms with Gasteiger partial charge in [-0.2, -0.15) is 16.8 Å². The molecule has 4 fully saturated rings. The van der Waals surface area contributed by atoms with Crippen LogP contribution in [0.4, 0.5) is 0 Å². The Bertz CT molecular complexity index is 1600. The van der Waals surface area contributed by atoms with E-state index in [1.54, 1.807) is 48.5 Å². The number of hydrogen-bond acceptors (Lipinski definition) is 6. The summed E-state index contributed by atoms with van der Waals surface area (Å²) < 4.78 is 70.1. The van der Waals surface area contributed by atoms with Crippen molar-refractivity contribution in [3.8, 4) is 0 Å². The summed E-state index contributed by atoms with van der Waals surface area (Å²) in [5, 5.41) is 0. The normalized spacial score (nSPS) is 33.4. The minimum absolute atomic E-state index is 0.0260. The van der Waals surface area contributed by atoms with Gasteiger partial charge in [-0.15, -0.1) is 0 Å². The maximum atomic E-state index is 14.3. The lowest BCUT2D eigenvalue weighted by atomic mass is 9.43. The summed E-state index contributed by atoms with van der Waals surface area (Å²) in [5.74, 6) is 0.540. The molecule has 0 bridgehead atoms. The van der Waals surface area contributed by atoms with Crippen molar-refractivity contribution in [2.24, 2.45) is 52.3 Å². The number of hydrogen-bond donors (Lipinski definition) is 0. The molecule has 0 spiro atoms. The van der Waals surface area contributed by atoms with E-state index >= 15 is 0 Å². The van der Waals surface area contributed by atoms with Gasteiger partial charge in [-0.1, -0.05) is 102 Å². The Kier molecular flexibility index (Phi) is 10.3. The van der Waals surface area contributed by atoms with Gasteiger partial charge in [0.2, 0.25) is 5.79 Å². The third-order valence-electron chi connectivity index (χ3n) is 13.9. The van der Waals surface area contributed by atoms with E-state index in [0.717, 1.165) is 43.2 Å². The van der Waals surface area contributed by atoms with Crippen LogP contribution in [0.15, 0.2) is 58.3 Å². The van der Waals surface area contributed by atoms with Crippen molar-refractivity contribution in [2.45, 2.75) is 141 Å². The molecule has 272 valence electrons. The molecule has 0 aliphatic heterocycles. The second kappa shape index (κ2) is 13.7. The van der Waals surface area contributed by atoms with Crippen LogP contribution < -0.4 is 0 Å². The van der Waals surface area contributed by atoms with Crippen LogP contribution in [-0.2, 0) is 28.6 Å². The Morgan fingerprint density at radius 2 is 1.24 bits per heavy atom. The van der Waals surface area contributed by atoms with Crippen LogP contribution in [-0.4, -0.2) is 22.6 Å². The first-order valence-corrected chi connectivity index (χ1v) is 21.9. The summed E-state index contributed by atoms with van der Waals surface area (Å²) >= 11 is 0. The van der Waals surface area contributed by atoms with Crippen LogP contribution in [0.5, 0.6) is 0 Å². The van der Waals surface area contributed by atoms with E-state index in [9.17, 15) is 16.8 Å². The number of fused-ring (bicyclic) bond motifs is 5. The number of aryl methyl sites for hydroxylation is 2. The minimum atomic E-state index is -4.38. The Morgan fingerprint density at radius 1 is 0.694 bits per heavy atom. The molecule has 6 rings (SSSR count). The van der Waals surface area contributed by atoms with E-state index in [4.69, 9.17) is 8.37 Å². The van der Waals surface area contributed by atoms with Gasteiger partial charge in [0, 0.05) is 12.3 Å². The highest BCUT2D eigenvalue weighted by molar-refractivity contribution is 7.87. The first-order valence-electron chi connectivity index (χ1n) is 19.1. The van der Waals surface area contributed by atoms with E-state index in [1.165, 1.54) is 32.1 Å². The highest BCUT2D eigenvalue weighted by Crippen LogP contribution is 2.71. The van der Waals surface area contributed by atoms with Crippen molar-refractivity contribution >= 4 is 20.2 Å². The highest BCUT2D eigenvalue weighted by Gasteiger charge is 2.68. The second-order valence-corrected chi connectivity index (χ2v) is 20.5. The van der Waals surface area contributed by atoms with Gasteiger partial charge in [-0.05, 0) is 123 Å². The van der Waals surface area contributed by atoms with Crippen LogP contribution >= 0.6 is 0 Å². The Morgan fingerprint density at radius 3 is 1.80 bits per heavy atom. The lowest BCUT2D eigenvalue weighted by molar-refractivity contribution is -0.266. The van der Waals surface area contributed by atoms with Gasteiger partial charge in [0.1, 0.15) is 0 Å². The molecule has 4 aliphatic carbocycles. The Hall–Kier alpha value is -1.74. The van der Waals surface area contributed by atoms with Gasteiger partial charge in [-0.3, -0.25) is 0 Å². The van der Waals surface area contributed by atoms with Crippen LogP contribution in [0.3, 0.4) is 0 Å². The van der Waals surface area contributed by atoms with Crippen molar-refractivity contribution in [1.29, 1.82) is 0 Å². The van der Waals surface area contributed by atoms with Gasteiger partial charge in [0.25, 0.3) is 20.2 Å². The summed E-state index contributed by atoms with van der Waals surface area (Å²) in [7, 11) is -8.76. The number of benzene rings is 2. The average Bonchev–Trinajstić information content (AvgIpc) is 3.38. The summed E-state index contributed by atoms with van der Waals surface area (Å²) in [6, 6.07) is 13.2. The third kappa shape index (κ3) is 6.94. The SMILES string of the molecule is Cc1ccc(S(=O)(=O)OC2(OS(=O)(=O)c3ccc(C)cc3)C[C@H]3[C@@H]4CC[C@H]([C@H](C)CCCC(C)C)[C@@]4(C)CC[C@@H]3[C@@]3(C)CCCCC23)cc1. The molecule has 0 radical (unpaired) electrons. The predicted molar refractivity (Wildman–Crippen MR) is 195 cm³/mol. The van der Waals surface area contributed by atoms with E-state index in [-0.39, 0.29) is 38.9 Å². The van der Waals surface area contributed by atoms with Crippen molar-refractivity contribution in [2.75, 3.05) is 0 Å². The van der Waals surface area contributed by atoms with Gasteiger partial charge < -0.3 is 0 Å². The molecule has 1 unspecified atom stereocenters. The van der Waals surface area contributed by atoms with Crippen LogP contribution in [0, 0.1) is 66.1 Å². The van der Waals surface area contributed by atoms with Crippen LogP contribution in [0.25, 0.3) is 0 Å². The molecule has 0 saturated heterocycles. The van der Waals surface area contributed by atoms with Gasteiger partial charge in [-0.25, -0.2) is 8.37 Å². The molecular formula is C41H60O6S2. The van der Waals surface area contributed by atoms with E-state index in [2.05, 4.69) is 34.6 Å². The zero-order chi connectivity index (χ0) is 35.4. The molecule has 0 heterocycles. The zero-order valence-corrected chi connectivity index (χ0v) is 32.5. The molecule has 2 aromatic rings. The Balaban J connectivity index is 1.43. The van der Waals surface area contributed by atoms with E-state index in [1.807, 2.05) is 13.8 Å². The smallest absolute Gasteiger partial charge is 0.230 e. The van der Waals surface area contributed by atoms with Crippen molar-refractivity contribution in [3.05, 3.63) is 59.7 Å². The summed E-state index contributed by atoms with van der Waals surface area (Å²) in [6.45, 7) is 15.7. The maximum absolute atomic E-state index is 14.3. The van der Waals surface area contributed by atoms with Crippen LogP contribution in [0.1, 0.15) is 123 Å². The van der Waals surface area contributed by atoms with Crippen molar-refractivity contribution in [1.82, 2.24) is 0 Å². The first-order chi connectivity index (χ1) is 23.0. The Labute approximate surface area is 297 Å². The fourth-order valence-electron chi connectivity index (χ4n) is 11.5. The standard InChI is InChI=1S/C41H60O6S2/c1-28(2)11-10-12-31(5)35-22-23-36-34-27-41(46-48(42,43)32-18-14-29(3)15-19-32,47-49(44,45)33-20-16-30(4)17-21-33)38-13-8-9-25-40(38,7)37(34)24-26-39(35,36)6/h14-21,28,31,34-38H,8-13,22-27H2,1-7H3/t31-,34+,35-,36+,37+,38?,39-,40-/m1/s1. The van der Waals surface area contributed by atoms with Gasteiger partial charge in [0.05, 0.1) is 9.79 Å². The fourth-order valence-corrected chi connectivity index (χ4v) is 13.8. The topological polar surface area (TPSA) is 86.7 Å². The second-order valence-electron chi connectivity index (χ2n) is 17.4. The van der Waals surface area contributed by atoms with Gasteiger partial charge in [0.15, 0.2) is 0 Å². The molecule has 6 nitrogen and oxygen atoms in total. The summed E-state index contributed by atoms with van der Waals surface area (Å²) in [6.07, 6.45) is 12.0. The van der Waals surface area contributed by atoms with Crippen molar-refractivity contribution < 1.29 is 25.2 Å². The fraction of sp³-hybridized carbons (Fsp3) is 0.707. The quantitative estimate of drug-likeness (QED) is 0.170. The summed E-state index contributed by atoms with van der Waals surface area (Å²) in [4.78, 5) is 0.0520. The predicted octanol–water partition coefficient (Wildman–Crippen LogP) is 10.2. The molecule has 0 aromatic heterocycles. The molecular weight excluding hydrogens is 653 g/mol. The first kappa shape index (κ1) is 37.0. The molecule has 8 atom stereocenters. The maximum Gasteiger partial charge on any atom is 0.299 e. The molecule has 0 amide bonds. The lowest BCUT2D eigenvalue weighted by Crippen LogP contribution is -2.64. The molecule has 8 heteroatoms. The molecule has 2 aromatic carbocycles. The molecule has 4 saturated carbocycles. The largest absolute Gasteiger partial charge is 0.299 e. The number of rotatable bonds is 11. The highest BCUT2D eigenvalue weighted by atomic mass is 32.2.